The quantitative estimate of drug-likeness (QED) is 0.352. The van der Waals surface area contributed by atoms with Crippen LogP contribution < -0.4 is 0 Å². The molecule has 10 heavy (non-hydrogen) atoms. The predicted molar refractivity (Wildman–Crippen MR) is 45.9 cm³/mol. The Bertz CT molecular complexity index is 68.8. The zero-order valence-electron chi connectivity index (χ0n) is 6.60. The molecule has 0 fully saturated rings. The zero-order chi connectivity index (χ0) is 7.82. The van der Waals surface area contributed by atoms with Gasteiger partial charge in [-0.1, -0.05) is 6.42 Å². The average molecular weight is 183 g/mol. The van der Waals surface area contributed by atoms with E-state index in [1.165, 1.54) is 0 Å². The van der Waals surface area contributed by atoms with E-state index in [0.29, 0.717) is 0 Å². The Morgan fingerprint density at radius 3 is 2.20 bits per heavy atom. The molecule has 0 atom stereocenters. The van der Waals surface area contributed by atoms with Crippen LogP contribution in [0.25, 0.3) is 0 Å². The van der Waals surface area contributed by atoms with E-state index in [4.69, 9.17) is 20.5 Å². The number of rotatable bonds is 6. The standard InChI is InChI=1S/C6H15ClO2Si/c1-8-10(9-2)6-4-3-5-7/h10H,3-6H2,1-2H3. The van der Waals surface area contributed by atoms with Crippen LogP contribution in [0, 0.1) is 0 Å². The van der Waals surface area contributed by atoms with Crippen molar-refractivity contribution in [2.24, 2.45) is 0 Å². The van der Waals surface area contributed by atoms with Crippen LogP contribution in [0.4, 0.5) is 0 Å². The van der Waals surface area contributed by atoms with Crippen LogP contribution >= 0.6 is 11.6 Å². The molecule has 0 unspecified atom stereocenters. The summed E-state index contributed by atoms with van der Waals surface area (Å²) in [5.41, 5.74) is 0. The number of hydrogen-bond donors (Lipinski definition) is 0. The molecule has 0 aromatic carbocycles. The third kappa shape index (κ3) is 5.23. The van der Waals surface area contributed by atoms with E-state index in [0.717, 1.165) is 24.8 Å². The largest absolute Gasteiger partial charge is 0.400 e. The van der Waals surface area contributed by atoms with Gasteiger partial charge in [0.1, 0.15) is 0 Å². The molecule has 0 saturated heterocycles. The van der Waals surface area contributed by atoms with E-state index in [2.05, 4.69) is 0 Å². The lowest BCUT2D eigenvalue weighted by Gasteiger charge is -2.08. The van der Waals surface area contributed by atoms with Crippen LogP contribution in [0.1, 0.15) is 12.8 Å². The first kappa shape index (κ1) is 10.4. The average Bonchev–Trinajstić information content (AvgIpc) is 1.99. The van der Waals surface area contributed by atoms with Crippen LogP contribution in [0.2, 0.25) is 6.04 Å². The van der Waals surface area contributed by atoms with Crippen molar-refractivity contribution in [3.05, 3.63) is 0 Å². The lowest BCUT2D eigenvalue weighted by molar-refractivity contribution is 0.276. The summed E-state index contributed by atoms with van der Waals surface area (Å²) in [6, 6.07) is 1.07. The Morgan fingerprint density at radius 1 is 1.20 bits per heavy atom. The number of halogens is 1. The number of unbranched alkanes of at least 4 members (excludes halogenated alkanes) is 1. The van der Waals surface area contributed by atoms with Gasteiger partial charge in [0.15, 0.2) is 0 Å². The van der Waals surface area contributed by atoms with Crippen molar-refractivity contribution in [3.8, 4) is 0 Å². The van der Waals surface area contributed by atoms with Gasteiger partial charge in [-0.05, 0) is 12.5 Å². The van der Waals surface area contributed by atoms with Gasteiger partial charge < -0.3 is 8.85 Å². The number of hydrogen-bond acceptors (Lipinski definition) is 2. The molecule has 2 nitrogen and oxygen atoms in total. The van der Waals surface area contributed by atoms with Crippen LogP contribution in [0.5, 0.6) is 0 Å². The monoisotopic (exact) mass is 182 g/mol. The van der Waals surface area contributed by atoms with Crippen molar-refractivity contribution in [3.63, 3.8) is 0 Å². The first-order chi connectivity index (χ1) is 4.85. The van der Waals surface area contributed by atoms with Gasteiger partial charge in [0.2, 0.25) is 0 Å². The normalized spacial score (nSPS) is 10.8. The second-order valence-electron chi connectivity index (χ2n) is 2.09. The molecule has 0 rings (SSSR count). The van der Waals surface area contributed by atoms with Gasteiger partial charge in [0.25, 0.3) is 0 Å². The third-order valence-corrected chi connectivity index (χ3v) is 3.55. The van der Waals surface area contributed by atoms with Crippen LogP contribution in [0.3, 0.4) is 0 Å². The molecule has 0 amide bonds. The van der Waals surface area contributed by atoms with Crippen LogP contribution in [-0.4, -0.2) is 29.4 Å². The van der Waals surface area contributed by atoms with Gasteiger partial charge in [0.05, 0.1) is 0 Å². The summed E-state index contributed by atoms with van der Waals surface area (Å²) >= 11 is 5.51. The van der Waals surface area contributed by atoms with E-state index in [9.17, 15) is 0 Å². The van der Waals surface area contributed by atoms with Gasteiger partial charge >= 0.3 is 9.28 Å². The smallest absolute Gasteiger partial charge is 0.320 e. The fourth-order valence-corrected chi connectivity index (χ4v) is 2.21. The van der Waals surface area contributed by atoms with Gasteiger partial charge in [0, 0.05) is 20.1 Å². The highest BCUT2D eigenvalue weighted by Crippen LogP contribution is 2.03. The maximum Gasteiger partial charge on any atom is 0.320 e. The topological polar surface area (TPSA) is 18.5 Å². The molecular weight excluding hydrogens is 168 g/mol. The Hall–Kier alpha value is 0.427. The second kappa shape index (κ2) is 7.53. The Morgan fingerprint density at radius 2 is 1.80 bits per heavy atom. The van der Waals surface area contributed by atoms with Gasteiger partial charge in [-0.2, -0.15) is 0 Å². The maximum absolute atomic E-state index is 5.51. The van der Waals surface area contributed by atoms with Crippen molar-refractivity contribution in [1.29, 1.82) is 0 Å². The summed E-state index contributed by atoms with van der Waals surface area (Å²) < 4.78 is 10.2. The van der Waals surface area contributed by atoms with Crippen molar-refractivity contribution in [1.82, 2.24) is 0 Å². The van der Waals surface area contributed by atoms with E-state index < -0.39 is 9.28 Å². The minimum atomic E-state index is -1.28. The lowest BCUT2D eigenvalue weighted by Crippen LogP contribution is -2.18. The third-order valence-electron chi connectivity index (χ3n) is 1.35. The highest BCUT2D eigenvalue weighted by atomic mass is 35.5. The van der Waals surface area contributed by atoms with E-state index in [-0.39, 0.29) is 0 Å². The molecule has 62 valence electrons. The molecule has 4 heteroatoms. The first-order valence-corrected chi connectivity index (χ1v) is 5.76. The second-order valence-corrected chi connectivity index (χ2v) is 4.84. The summed E-state index contributed by atoms with van der Waals surface area (Å²) in [6.07, 6.45) is 2.19. The molecule has 0 saturated carbocycles. The highest BCUT2D eigenvalue weighted by molar-refractivity contribution is 6.44. The summed E-state index contributed by atoms with van der Waals surface area (Å²) in [6.45, 7) is 0. The summed E-state index contributed by atoms with van der Waals surface area (Å²) in [5.74, 6) is 0.745. The van der Waals surface area contributed by atoms with Crippen molar-refractivity contribution >= 4 is 20.9 Å². The molecule has 0 aromatic rings. The van der Waals surface area contributed by atoms with Crippen molar-refractivity contribution in [2.45, 2.75) is 18.9 Å². The summed E-state index contributed by atoms with van der Waals surface area (Å²) in [7, 11) is 2.14. The van der Waals surface area contributed by atoms with Crippen molar-refractivity contribution < 1.29 is 8.85 Å². The predicted octanol–water partition coefficient (Wildman–Crippen LogP) is 1.52. The lowest BCUT2D eigenvalue weighted by atomic mass is 10.4. The minimum absolute atomic E-state index is 0.745. The number of alkyl halides is 1. The molecular formula is C6H15ClO2Si. The highest BCUT2D eigenvalue weighted by Gasteiger charge is 2.07. The molecule has 0 aliphatic rings. The van der Waals surface area contributed by atoms with E-state index >= 15 is 0 Å². The fourth-order valence-electron chi connectivity index (χ4n) is 0.737. The molecule has 0 bridgehead atoms. The molecule has 0 aromatic heterocycles. The van der Waals surface area contributed by atoms with E-state index in [1.54, 1.807) is 14.2 Å². The molecule has 0 aliphatic carbocycles. The van der Waals surface area contributed by atoms with Gasteiger partial charge in [-0.3, -0.25) is 0 Å². The van der Waals surface area contributed by atoms with Gasteiger partial charge in [-0.15, -0.1) is 11.6 Å². The summed E-state index contributed by atoms with van der Waals surface area (Å²) in [5, 5.41) is 0. The fraction of sp³-hybridized carbons (Fsp3) is 1.00. The molecule has 0 radical (unpaired) electrons. The Kier molecular flexibility index (Phi) is 7.85. The summed E-state index contributed by atoms with van der Waals surface area (Å²) in [4.78, 5) is 0. The van der Waals surface area contributed by atoms with Crippen LogP contribution in [-0.2, 0) is 8.85 Å². The SMILES string of the molecule is CO[SiH](CCCCCl)OC. The van der Waals surface area contributed by atoms with Gasteiger partial charge in [-0.25, -0.2) is 0 Å². The maximum atomic E-state index is 5.51. The molecule has 0 spiro atoms. The Labute approximate surface area is 69.3 Å². The minimum Gasteiger partial charge on any atom is -0.400 e. The van der Waals surface area contributed by atoms with Crippen LogP contribution in [0.15, 0.2) is 0 Å². The first-order valence-electron chi connectivity index (χ1n) is 3.46. The van der Waals surface area contributed by atoms with E-state index in [1.807, 2.05) is 0 Å². The molecule has 0 N–H and O–H groups in total. The molecule has 0 heterocycles. The molecule has 0 aliphatic heterocycles. The Balaban J connectivity index is 3.09. The van der Waals surface area contributed by atoms with Crippen molar-refractivity contribution in [2.75, 3.05) is 20.1 Å². The zero-order valence-corrected chi connectivity index (χ0v) is 8.51.